The van der Waals surface area contributed by atoms with Crippen molar-refractivity contribution in [2.45, 2.75) is 26.3 Å². The third-order valence-corrected chi connectivity index (χ3v) is 4.34. The first-order chi connectivity index (χ1) is 13.2. The van der Waals surface area contributed by atoms with Crippen molar-refractivity contribution in [3.8, 4) is 11.5 Å². The zero-order valence-corrected chi connectivity index (χ0v) is 15.4. The van der Waals surface area contributed by atoms with Gasteiger partial charge in [-0.25, -0.2) is 0 Å². The molecule has 0 aliphatic carbocycles. The van der Waals surface area contributed by atoms with Crippen LogP contribution >= 0.6 is 0 Å². The van der Waals surface area contributed by atoms with Crippen LogP contribution in [0.3, 0.4) is 0 Å². The summed E-state index contributed by atoms with van der Waals surface area (Å²) in [4.78, 5) is 25.6. The van der Waals surface area contributed by atoms with Gasteiger partial charge in [0.25, 0.3) is 5.91 Å². The smallest absolute Gasteiger partial charge is 0.258 e. The van der Waals surface area contributed by atoms with E-state index < -0.39 is 0 Å². The Hall–Kier alpha value is -3.02. The molecule has 3 rings (SSSR count). The number of hydrogen-bond donors (Lipinski definition) is 1. The van der Waals surface area contributed by atoms with Crippen LogP contribution in [0.25, 0.3) is 0 Å². The van der Waals surface area contributed by atoms with Crippen LogP contribution < -0.4 is 19.7 Å². The van der Waals surface area contributed by atoms with Crippen molar-refractivity contribution in [2.75, 3.05) is 24.7 Å². The summed E-state index contributed by atoms with van der Waals surface area (Å²) in [5.41, 5.74) is 1.79. The third kappa shape index (κ3) is 5.00. The Kier molecular flexibility index (Phi) is 6.30. The van der Waals surface area contributed by atoms with Gasteiger partial charge in [-0.15, -0.1) is 0 Å². The van der Waals surface area contributed by atoms with Crippen molar-refractivity contribution in [3.05, 3.63) is 54.1 Å². The molecule has 0 bridgehead atoms. The summed E-state index contributed by atoms with van der Waals surface area (Å²) in [6, 6.07) is 14.9. The highest BCUT2D eigenvalue weighted by Gasteiger charge is 2.21. The van der Waals surface area contributed by atoms with E-state index in [2.05, 4.69) is 5.32 Å². The lowest BCUT2D eigenvalue weighted by atomic mass is 10.2. The van der Waals surface area contributed by atoms with E-state index in [4.69, 9.17) is 9.47 Å². The summed E-state index contributed by atoms with van der Waals surface area (Å²) in [7, 11) is 0. The fraction of sp³-hybridized carbons (Fsp3) is 0.333. The maximum absolute atomic E-state index is 12.0. The zero-order valence-electron chi connectivity index (χ0n) is 15.4. The Morgan fingerprint density at radius 3 is 2.59 bits per heavy atom. The number of hydrogen-bond acceptors (Lipinski definition) is 4. The second kappa shape index (κ2) is 9.07. The van der Waals surface area contributed by atoms with Crippen molar-refractivity contribution in [1.82, 2.24) is 5.32 Å². The molecule has 0 unspecified atom stereocenters. The van der Waals surface area contributed by atoms with E-state index in [1.54, 1.807) is 17.0 Å². The van der Waals surface area contributed by atoms with Crippen molar-refractivity contribution in [1.29, 1.82) is 0 Å². The summed E-state index contributed by atoms with van der Waals surface area (Å²) >= 11 is 0. The molecule has 142 valence electrons. The van der Waals surface area contributed by atoms with Gasteiger partial charge < -0.3 is 19.7 Å². The predicted molar refractivity (Wildman–Crippen MR) is 103 cm³/mol. The third-order valence-electron chi connectivity index (χ3n) is 4.34. The second-order valence-corrected chi connectivity index (χ2v) is 6.25. The van der Waals surface area contributed by atoms with Crippen LogP contribution in [-0.2, 0) is 16.1 Å². The predicted octanol–water partition coefficient (Wildman–Crippen LogP) is 2.91. The molecule has 0 atom stereocenters. The fourth-order valence-corrected chi connectivity index (χ4v) is 2.98. The Labute approximate surface area is 159 Å². The van der Waals surface area contributed by atoms with Gasteiger partial charge in [-0.3, -0.25) is 9.59 Å². The number of nitrogens with one attached hydrogen (secondary N) is 1. The SMILES string of the molecule is CCOc1ccccc1CNC(=O)COc1ccc(N2CCCC2=O)cc1. The largest absolute Gasteiger partial charge is 0.494 e. The van der Waals surface area contributed by atoms with Crippen LogP contribution in [0.1, 0.15) is 25.3 Å². The Morgan fingerprint density at radius 1 is 1.11 bits per heavy atom. The normalized spacial score (nSPS) is 13.5. The summed E-state index contributed by atoms with van der Waals surface area (Å²) in [6.45, 7) is 3.57. The number of carbonyl (C=O) groups excluding carboxylic acids is 2. The summed E-state index contributed by atoms with van der Waals surface area (Å²) in [5, 5.41) is 2.83. The summed E-state index contributed by atoms with van der Waals surface area (Å²) < 4.78 is 11.1. The summed E-state index contributed by atoms with van der Waals surface area (Å²) in [5.74, 6) is 1.30. The van der Waals surface area contributed by atoms with Crippen molar-refractivity contribution in [2.24, 2.45) is 0 Å². The van der Waals surface area contributed by atoms with E-state index in [-0.39, 0.29) is 18.4 Å². The molecule has 1 aliphatic heterocycles. The number of ether oxygens (including phenoxy) is 2. The lowest BCUT2D eigenvalue weighted by Crippen LogP contribution is -2.28. The molecule has 27 heavy (non-hydrogen) atoms. The Balaban J connectivity index is 1.47. The van der Waals surface area contributed by atoms with Gasteiger partial charge in [0.05, 0.1) is 6.61 Å². The van der Waals surface area contributed by atoms with E-state index in [0.29, 0.717) is 25.3 Å². The maximum Gasteiger partial charge on any atom is 0.258 e. The molecule has 1 fully saturated rings. The molecule has 0 spiro atoms. The molecule has 0 aromatic heterocycles. The number of para-hydroxylation sites is 1. The first-order valence-corrected chi connectivity index (χ1v) is 9.18. The number of amides is 2. The average molecular weight is 368 g/mol. The highest BCUT2D eigenvalue weighted by atomic mass is 16.5. The molecule has 6 nitrogen and oxygen atoms in total. The molecule has 1 aliphatic rings. The van der Waals surface area contributed by atoms with E-state index >= 15 is 0 Å². The van der Waals surface area contributed by atoms with E-state index in [9.17, 15) is 9.59 Å². The fourth-order valence-electron chi connectivity index (χ4n) is 2.98. The minimum absolute atomic E-state index is 0.0706. The number of benzene rings is 2. The molecule has 2 amide bonds. The second-order valence-electron chi connectivity index (χ2n) is 6.25. The minimum Gasteiger partial charge on any atom is -0.494 e. The first-order valence-electron chi connectivity index (χ1n) is 9.18. The molecule has 2 aromatic carbocycles. The molecule has 6 heteroatoms. The van der Waals surface area contributed by atoms with E-state index in [1.165, 1.54) is 0 Å². The van der Waals surface area contributed by atoms with Crippen LogP contribution in [0.2, 0.25) is 0 Å². The summed E-state index contributed by atoms with van der Waals surface area (Å²) in [6.07, 6.45) is 1.49. The lowest BCUT2D eigenvalue weighted by molar-refractivity contribution is -0.123. The van der Waals surface area contributed by atoms with Gasteiger partial charge in [0.2, 0.25) is 5.91 Å². The molecule has 0 saturated carbocycles. The topological polar surface area (TPSA) is 67.9 Å². The van der Waals surface area contributed by atoms with Crippen LogP contribution in [0.5, 0.6) is 11.5 Å². The van der Waals surface area contributed by atoms with Crippen LogP contribution in [0.15, 0.2) is 48.5 Å². The van der Waals surface area contributed by atoms with Crippen molar-refractivity contribution >= 4 is 17.5 Å². The first kappa shape index (κ1) is 18.8. The van der Waals surface area contributed by atoms with Crippen LogP contribution in [0, 0.1) is 0 Å². The number of nitrogens with zero attached hydrogens (tertiary/aromatic N) is 1. The van der Waals surface area contributed by atoms with Crippen LogP contribution in [0.4, 0.5) is 5.69 Å². The Morgan fingerprint density at radius 2 is 1.89 bits per heavy atom. The van der Waals surface area contributed by atoms with Crippen LogP contribution in [-0.4, -0.2) is 31.6 Å². The van der Waals surface area contributed by atoms with Gasteiger partial charge in [0.1, 0.15) is 11.5 Å². The average Bonchev–Trinajstić information content (AvgIpc) is 3.12. The zero-order chi connectivity index (χ0) is 19.1. The molecule has 2 aromatic rings. The van der Waals surface area contributed by atoms with E-state index in [0.717, 1.165) is 30.0 Å². The highest BCUT2D eigenvalue weighted by Crippen LogP contribution is 2.24. The standard InChI is InChI=1S/C21H24N2O4/c1-2-26-19-7-4-3-6-16(19)14-22-20(24)15-27-18-11-9-17(10-12-18)23-13-5-8-21(23)25/h3-4,6-7,9-12H,2,5,8,13-15H2,1H3,(H,22,24). The minimum atomic E-state index is -0.208. The molecular weight excluding hydrogens is 344 g/mol. The maximum atomic E-state index is 12.0. The highest BCUT2D eigenvalue weighted by molar-refractivity contribution is 5.95. The monoisotopic (exact) mass is 368 g/mol. The Bertz CT molecular complexity index is 789. The van der Waals surface area contributed by atoms with Crippen molar-refractivity contribution < 1.29 is 19.1 Å². The number of rotatable bonds is 8. The molecule has 1 saturated heterocycles. The molecule has 1 heterocycles. The molecule has 1 N–H and O–H groups in total. The van der Waals surface area contributed by atoms with Gasteiger partial charge in [0, 0.05) is 30.8 Å². The van der Waals surface area contributed by atoms with Gasteiger partial charge in [0.15, 0.2) is 6.61 Å². The number of anilines is 1. The van der Waals surface area contributed by atoms with Gasteiger partial charge in [-0.05, 0) is 43.7 Å². The quantitative estimate of drug-likeness (QED) is 0.778. The lowest BCUT2D eigenvalue weighted by Gasteiger charge is -2.16. The van der Waals surface area contributed by atoms with Crippen molar-refractivity contribution in [3.63, 3.8) is 0 Å². The molecule has 0 radical (unpaired) electrons. The van der Waals surface area contributed by atoms with Gasteiger partial charge in [-0.1, -0.05) is 18.2 Å². The van der Waals surface area contributed by atoms with Gasteiger partial charge >= 0.3 is 0 Å². The van der Waals surface area contributed by atoms with E-state index in [1.807, 2.05) is 43.3 Å². The van der Waals surface area contributed by atoms with Gasteiger partial charge in [-0.2, -0.15) is 0 Å². The molecular formula is C21H24N2O4. The number of carbonyl (C=O) groups is 2.